The zero-order valence-electron chi connectivity index (χ0n) is 11.2. The first-order chi connectivity index (χ1) is 10.8. The maximum atomic E-state index is 12.2. The minimum Gasteiger partial charge on any atom is -0.321 e. The second kappa shape index (κ2) is 6.59. The summed E-state index contributed by atoms with van der Waals surface area (Å²) in [5.41, 5.74) is -0.532. The van der Waals surface area contributed by atoms with Crippen molar-refractivity contribution in [2.24, 2.45) is 0 Å². The molecule has 1 amide bonds. The number of non-ortho nitro benzene ring substituents is 2. The van der Waals surface area contributed by atoms with Gasteiger partial charge in [0.05, 0.1) is 31.1 Å². The molecule has 2 aromatic rings. The van der Waals surface area contributed by atoms with Crippen molar-refractivity contribution in [2.75, 3.05) is 5.32 Å². The van der Waals surface area contributed by atoms with Crippen molar-refractivity contribution in [3.63, 3.8) is 0 Å². The summed E-state index contributed by atoms with van der Waals surface area (Å²) in [5.74, 6) is -0.727. The minimum atomic E-state index is -0.727. The molecule has 0 heterocycles. The Hall–Kier alpha value is -2.71. The second-order valence-corrected chi connectivity index (χ2v) is 5.11. The molecule has 10 heteroatoms. The van der Waals surface area contributed by atoms with Gasteiger partial charge in [-0.2, -0.15) is 0 Å². The summed E-state index contributed by atoms with van der Waals surface area (Å²) in [6.45, 7) is 0. The Morgan fingerprint density at radius 1 is 0.913 bits per heavy atom. The molecule has 23 heavy (non-hydrogen) atoms. The fourth-order valence-electron chi connectivity index (χ4n) is 1.71. The first-order valence-corrected chi connectivity index (χ1v) is 6.74. The number of nitrogens with one attached hydrogen (secondary N) is 1. The molecule has 8 nitrogen and oxygen atoms in total. The number of amides is 1. The van der Waals surface area contributed by atoms with Crippen molar-refractivity contribution < 1.29 is 14.6 Å². The van der Waals surface area contributed by atoms with Gasteiger partial charge in [-0.1, -0.05) is 23.2 Å². The first kappa shape index (κ1) is 16.7. The number of nitro groups is 2. The SMILES string of the molecule is O=C(Nc1ccc([N+](=O)[O-])cc1Cl)c1cc([N+](=O)[O-])ccc1Cl. The summed E-state index contributed by atoms with van der Waals surface area (Å²) in [7, 11) is 0. The minimum absolute atomic E-state index is 0.0196. The molecule has 0 aliphatic heterocycles. The molecular weight excluding hydrogens is 349 g/mol. The maximum Gasteiger partial charge on any atom is 0.271 e. The van der Waals surface area contributed by atoms with Crippen LogP contribution in [0.25, 0.3) is 0 Å². The van der Waals surface area contributed by atoms with Crippen LogP contribution in [0, 0.1) is 20.2 Å². The number of benzene rings is 2. The van der Waals surface area contributed by atoms with Gasteiger partial charge < -0.3 is 5.32 Å². The van der Waals surface area contributed by atoms with Crippen LogP contribution in [0.1, 0.15) is 10.4 Å². The van der Waals surface area contributed by atoms with Gasteiger partial charge in [0.25, 0.3) is 17.3 Å². The van der Waals surface area contributed by atoms with E-state index in [0.717, 1.165) is 24.3 Å². The fraction of sp³-hybridized carbons (Fsp3) is 0. The lowest BCUT2D eigenvalue weighted by Gasteiger charge is -2.08. The third-order valence-corrected chi connectivity index (χ3v) is 3.46. The number of carbonyl (C=O) groups is 1. The molecule has 0 aromatic heterocycles. The van der Waals surface area contributed by atoms with E-state index in [2.05, 4.69) is 5.32 Å². The summed E-state index contributed by atoms with van der Waals surface area (Å²) in [6.07, 6.45) is 0. The standard InChI is InChI=1S/C13H7Cl2N3O5/c14-10-3-1-7(17(20)21)5-9(10)13(19)16-12-4-2-8(18(22)23)6-11(12)15/h1-6H,(H,16,19). The molecule has 0 aliphatic carbocycles. The Morgan fingerprint density at radius 2 is 1.48 bits per heavy atom. The van der Waals surface area contributed by atoms with Crippen LogP contribution in [0.4, 0.5) is 17.1 Å². The fourth-order valence-corrected chi connectivity index (χ4v) is 2.13. The Balaban J connectivity index is 2.31. The number of nitrogens with zero attached hydrogens (tertiary/aromatic N) is 2. The van der Waals surface area contributed by atoms with Gasteiger partial charge in [-0.25, -0.2) is 0 Å². The molecule has 0 atom stereocenters. The van der Waals surface area contributed by atoms with Crippen LogP contribution in [-0.4, -0.2) is 15.8 Å². The Morgan fingerprint density at radius 3 is 2.04 bits per heavy atom. The molecule has 0 fully saturated rings. The van der Waals surface area contributed by atoms with Crippen molar-refractivity contribution in [2.45, 2.75) is 0 Å². The lowest BCUT2D eigenvalue weighted by Crippen LogP contribution is -2.13. The van der Waals surface area contributed by atoms with E-state index >= 15 is 0 Å². The highest BCUT2D eigenvalue weighted by atomic mass is 35.5. The second-order valence-electron chi connectivity index (χ2n) is 4.30. The number of halogens is 2. The van der Waals surface area contributed by atoms with Crippen molar-refractivity contribution in [3.05, 3.63) is 72.2 Å². The maximum absolute atomic E-state index is 12.2. The number of rotatable bonds is 4. The molecule has 0 saturated carbocycles. The van der Waals surface area contributed by atoms with Crippen molar-refractivity contribution >= 4 is 46.2 Å². The summed E-state index contributed by atoms with van der Waals surface area (Å²) in [4.78, 5) is 32.3. The monoisotopic (exact) mass is 355 g/mol. The van der Waals surface area contributed by atoms with Gasteiger partial charge in [0, 0.05) is 24.3 Å². The lowest BCUT2D eigenvalue weighted by atomic mass is 10.1. The van der Waals surface area contributed by atoms with Gasteiger partial charge in [0.2, 0.25) is 0 Å². The summed E-state index contributed by atoms with van der Waals surface area (Å²) in [6, 6.07) is 6.91. The Bertz CT molecular complexity index is 825. The van der Waals surface area contributed by atoms with Gasteiger partial charge in [0.15, 0.2) is 0 Å². The number of hydrogen-bond acceptors (Lipinski definition) is 5. The topological polar surface area (TPSA) is 115 Å². The summed E-state index contributed by atoms with van der Waals surface area (Å²) < 4.78 is 0. The number of anilines is 1. The predicted molar refractivity (Wildman–Crippen MR) is 84.2 cm³/mol. The zero-order chi connectivity index (χ0) is 17.1. The van der Waals surface area contributed by atoms with E-state index in [1.54, 1.807) is 0 Å². The molecule has 0 saturated heterocycles. The molecule has 0 spiro atoms. The van der Waals surface area contributed by atoms with Crippen LogP contribution in [-0.2, 0) is 0 Å². The highest BCUT2D eigenvalue weighted by Crippen LogP contribution is 2.28. The zero-order valence-corrected chi connectivity index (χ0v) is 12.7. The highest BCUT2D eigenvalue weighted by molar-refractivity contribution is 6.36. The first-order valence-electron chi connectivity index (χ1n) is 5.99. The predicted octanol–water partition coefficient (Wildman–Crippen LogP) is 4.06. The number of hydrogen-bond donors (Lipinski definition) is 1. The van der Waals surface area contributed by atoms with Crippen LogP contribution in [0.3, 0.4) is 0 Å². The third kappa shape index (κ3) is 3.74. The van der Waals surface area contributed by atoms with Gasteiger partial charge in [-0.05, 0) is 12.1 Å². The Kier molecular flexibility index (Phi) is 4.77. The molecular formula is C13H7Cl2N3O5. The van der Waals surface area contributed by atoms with Crippen molar-refractivity contribution in [1.82, 2.24) is 0 Å². The van der Waals surface area contributed by atoms with Crippen LogP contribution >= 0.6 is 23.2 Å². The van der Waals surface area contributed by atoms with E-state index in [1.165, 1.54) is 12.1 Å². The van der Waals surface area contributed by atoms with Crippen LogP contribution in [0.2, 0.25) is 10.0 Å². The molecule has 0 radical (unpaired) electrons. The van der Waals surface area contributed by atoms with Crippen molar-refractivity contribution in [1.29, 1.82) is 0 Å². The smallest absolute Gasteiger partial charge is 0.271 e. The highest BCUT2D eigenvalue weighted by Gasteiger charge is 2.18. The van der Waals surface area contributed by atoms with Crippen molar-refractivity contribution in [3.8, 4) is 0 Å². The molecule has 0 unspecified atom stereocenters. The molecule has 1 N–H and O–H groups in total. The van der Waals surface area contributed by atoms with E-state index in [9.17, 15) is 25.0 Å². The average Bonchev–Trinajstić information content (AvgIpc) is 2.49. The Labute approximate surface area is 138 Å². The average molecular weight is 356 g/mol. The summed E-state index contributed by atoms with van der Waals surface area (Å²) >= 11 is 11.7. The van der Waals surface area contributed by atoms with Crippen LogP contribution in [0.5, 0.6) is 0 Å². The van der Waals surface area contributed by atoms with Crippen LogP contribution in [0.15, 0.2) is 36.4 Å². The van der Waals surface area contributed by atoms with Gasteiger partial charge in [0.1, 0.15) is 0 Å². The van der Waals surface area contributed by atoms with Gasteiger partial charge >= 0.3 is 0 Å². The quantitative estimate of drug-likeness (QED) is 0.655. The largest absolute Gasteiger partial charge is 0.321 e. The van der Waals surface area contributed by atoms with E-state index in [4.69, 9.17) is 23.2 Å². The number of carbonyl (C=O) groups excluding carboxylic acids is 1. The van der Waals surface area contributed by atoms with E-state index in [0.29, 0.717) is 0 Å². The third-order valence-electron chi connectivity index (χ3n) is 2.82. The van der Waals surface area contributed by atoms with Gasteiger partial charge in [-0.3, -0.25) is 25.0 Å². The molecule has 2 aromatic carbocycles. The summed E-state index contributed by atoms with van der Waals surface area (Å²) in [5, 5.41) is 23.8. The van der Waals surface area contributed by atoms with E-state index < -0.39 is 15.8 Å². The molecule has 0 aliphatic rings. The normalized spacial score (nSPS) is 10.2. The van der Waals surface area contributed by atoms with Crippen LogP contribution < -0.4 is 5.32 Å². The molecule has 118 valence electrons. The number of nitro benzene ring substituents is 2. The van der Waals surface area contributed by atoms with Gasteiger partial charge in [-0.15, -0.1) is 0 Å². The molecule has 2 rings (SSSR count). The van der Waals surface area contributed by atoms with E-state index in [1.807, 2.05) is 0 Å². The van der Waals surface area contributed by atoms with E-state index in [-0.39, 0.29) is 32.7 Å². The lowest BCUT2D eigenvalue weighted by molar-refractivity contribution is -0.385. The molecule has 0 bridgehead atoms.